The number of carbonyl (C=O) groups excluding carboxylic acids is 2. The summed E-state index contributed by atoms with van der Waals surface area (Å²) in [6.45, 7) is 5.30. The zero-order valence-corrected chi connectivity index (χ0v) is 13.4. The van der Waals surface area contributed by atoms with E-state index < -0.39 is 23.4 Å². The van der Waals surface area contributed by atoms with Gasteiger partial charge in [-0.2, -0.15) is 0 Å². The molecule has 0 aliphatic heterocycles. The van der Waals surface area contributed by atoms with E-state index in [1.54, 1.807) is 26.8 Å². The number of nitrogens with one attached hydrogen (secondary N) is 1. The minimum Gasteiger partial charge on any atom is -0.475 e. The topological polar surface area (TPSA) is 106 Å². The Kier molecular flexibility index (Phi) is 4.68. The lowest BCUT2D eigenvalue weighted by atomic mass is 10.1. The first kappa shape index (κ1) is 16.9. The molecule has 7 nitrogen and oxygen atoms in total. The number of ether oxygens (including phenoxy) is 1. The van der Waals surface area contributed by atoms with Crippen molar-refractivity contribution in [1.29, 1.82) is 0 Å². The number of ketones is 1. The first-order valence-electron chi connectivity index (χ1n) is 7.40. The quantitative estimate of drug-likeness (QED) is 0.807. The van der Waals surface area contributed by atoms with Crippen molar-refractivity contribution in [3.63, 3.8) is 0 Å². The predicted molar refractivity (Wildman–Crippen MR) is 82.4 cm³/mol. The molecule has 1 amide bonds. The molecule has 1 aliphatic rings. The lowest BCUT2D eigenvalue weighted by molar-refractivity contribution is -0.148. The molecular formula is C16H20N2O5. The molecule has 23 heavy (non-hydrogen) atoms. The molecule has 1 aromatic rings. The zero-order chi connectivity index (χ0) is 17.2. The molecule has 1 saturated carbocycles. The maximum Gasteiger partial charge on any atom is 0.413 e. The van der Waals surface area contributed by atoms with Crippen molar-refractivity contribution >= 4 is 23.7 Å². The third kappa shape index (κ3) is 5.05. The van der Waals surface area contributed by atoms with Gasteiger partial charge in [-0.15, -0.1) is 0 Å². The summed E-state index contributed by atoms with van der Waals surface area (Å²) >= 11 is 0. The van der Waals surface area contributed by atoms with Crippen LogP contribution in [0.15, 0.2) is 12.3 Å². The number of nitrogens with zero attached hydrogens (tertiary/aromatic N) is 1. The van der Waals surface area contributed by atoms with E-state index in [1.807, 2.05) is 0 Å². The van der Waals surface area contributed by atoms with E-state index in [0.717, 1.165) is 18.4 Å². The van der Waals surface area contributed by atoms with Gasteiger partial charge in [0.05, 0.1) is 0 Å². The SMILES string of the molecule is CC(C)(C)OC(=O)Nc1ncc(CC(=O)C(=O)O)cc1C1CC1. The zero-order valence-electron chi connectivity index (χ0n) is 13.4. The predicted octanol–water partition coefficient (Wildman–Crippen LogP) is 2.50. The smallest absolute Gasteiger partial charge is 0.413 e. The standard InChI is InChI=1S/C16H20N2O5/c1-16(2,3)23-15(22)18-13-11(10-4-5-10)6-9(8-17-13)7-12(19)14(20)21/h6,8,10H,4-5,7H2,1-3H3,(H,20,21)(H,17,18,22). The molecule has 2 N–H and O–H groups in total. The average molecular weight is 320 g/mol. The summed E-state index contributed by atoms with van der Waals surface area (Å²) in [6.07, 6.45) is 2.54. The van der Waals surface area contributed by atoms with Crippen LogP contribution in [0.2, 0.25) is 0 Å². The van der Waals surface area contributed by atoms with Gasteiger partial charge in [0.2, 0.25) is 5.78 Å². The average Bonchev–Trinajstić information content (AvgIpc) is 3.22. The lowest BCUT2D eigenvalue weighted by Gasteiger charge is -2.20. The number of anilines is 1. The summed E-state index contributed by atoms with van der Waals surface area (Å²) in [4.78, 5) is 38.0. The number of pyridine rings is 1. The second-order valence-corrected chi connectivity index (χ2v) is 6.59. The second kappa shape index (κ2) is 6.36. The van der Waals surface area contributed by atoms with Gasteiger partial charge in [-0.1, -0.05) is 0 Å². The molecule has 7 heteroatoms. The van der Waals surface area contributed by atoms with Gasteiger partial charge in [-0.3, -0.25) is 10.1 Å². The highest BCUT2D eigenvalue weighted by atomic mass is 16.6. The van der Waals surface area contributed by atoms with Crippen LogP contribution in [0.3, 0.4) is 0 Å². The van der Waals surface area contributed by atoms with Gasteiger partial charge in [0.15, 0.2) is 0 Å². The minimum absolute atomic E-state index is 0.214. The van der Waals surface area contributed by atoms with E-state index in [2.05, 4.69) is 10.3 Å². The monoisotopic (exact) mass is 320 g/mol. The van der Waals surface area contributed by atoms with Crippen molar-refractivity contribution in [2.45, 2.75) is 51.6 Å². The van der Waals surface area contributed by atoms with Crippen LogP contribution in [0, 0.1) is 0 Å². The number of hydrogen-bond acceptors (Lipinski definition) is 5. The molecule has 124 valence electrons. The summed E-state index contributed by atoms with van der Waals surface area (Å²) in [5, 5.41) is 11.3. The molecule has 0 aromatic carbocycles. The normalized spacial score (nSPS) is 14.2. The molecule has 0 saturated heterocycles. The Bertz CT molecular complexity index is 644. The maximum absolute atomic E-state index is 11.9. The van der Waals surface area contributed by atoms with Crippen molar-refractivity contribution in [3.8, 4) is 0 Å². The molecule has 0 unspecified atom stereocenters. The fraction of sp³-hybridized carbons (Fsp3) is 0.500. The van der Waals surface area contributed by atoms with E-state index in [0.29, 0.717) is 11.4 Å². The Labute approximate surface area is 134 Å². The van der Waals surface area contributed by atoms with Crippen LogP contribution in [-0.2, 0) is 20.7 Å². The first-order chi connectivity index (χ1) is 10.7. The van der Waals surface area contributed by atoms with Crippen molar-refractivity contribution in [3.05, 3.63) is 23.4 Å². The van der Waals surface area contributed by atoms with Crippen LogP contribution in [0.25, 0.3) is 0 Å². The first-order valence-corrected chi connectivity index (χ1v) is 7.40. The highest BCUT2D eigenvalue weighted by Crippen LogP contribution is 2.43. The fourth-order valence-corrected chi connectivity index (χ4v) is 2.10. The van der Waals surface area contributed by atoms with Crippen LogP contribution in [-0.4, -0.2) is 33.5 Å². The molecule has 0 spiro atoms. The lowest BCUT2D eigenvalue weighted by Crippen LogP contribution is -2.28. The Morgan fingerprint density at radius 3 is 2.52 bits per heavy atom. The second-order valence-electron chi connectivity index (χ2n) is 6.59. The van der Waals surface area contributed by atoms with Crippen LogP contribution >= 0.6 is 0 Å². The van der Waals surface area contributed by atoms with Crippen LogP contribution in [0.1, 0.15) is 50.7 Å². The van der Waals surface area contributed by atoms with E-state index in [9.17, 15) is 14.4 Å². The summed E-state index contributed by atoms with van der Waals surface area (Å²) in [5.41, 5.74) is 0.720. The number of Topliss-reactive ketones (excluding diaryl/α,β-unsaturated/α-hetero) is 1. The van der Waals surface area contributed by atoms with Gasteiger partial charge in [0.1, 0.15) is 11.4 Å². The Morgan fingerprint density at radius 2 is 2.00 bits per heavy atom. The van der Waals surface area contributed by atoms with Crippen LogP contribution < -0.4 is 5.32 Å². The van der Waals surface area contributed by atoms with E-state index in [-0.39, 0.29) is 12.3 Å². The van der Waals surface area contributed by atoms with Gasteiger partial charge in [0, 0.05) is 12.6 Å². The Balaban J connectivity index is 2.15. The Morgan fingerprint density at radius 1 is 1.35 bits per heavy atom. The number of rotatable bonds is 5. The van der Waals surface area contributed by atoms with Crippen molar-refractivity contribution in [2.75, 3.05) is 5.32 Å². The molecule has 1 heterocycles. The molecule has 1 fully saturated rings. The number of hydrogen-bond donors (Lipinski definition) is 2. The summed E-state index contributed by atoms with van der Waals surface area (Å²) in [7, 11) is 0. The molecule has 0 bridgehead atoms. The summed E-state index contributed by atoms with van der Waals surface area (Å²) in [5.74, 6) is -1.68. The Hall–Kier alpha value is -2.44. The van der Waals surface area contributed by atoms with Gasteiger partial charge in [-0.25, -0.2) is 14.6 Å². The molecule has 1 aliphatic carbocycles. The van der Waals surface area contributed by atoms with Crippen LogP contribution in [0.5, 0.6) is 0 Å². The number of carbonyl (C=O) groups is 3. The number of amides is 1. The maximum atomic E-state index is 11.9. The number of aromatic nitrogens is 1. The summed E-state index contributed by atoms with van der Waals surface area (Å²) in [6, 6.07) is 1.73. The molecular weight excluding hydrogens is 300 g/mol. The molecule has 2 rings (SSSR count). The van der Waals surface area contributed by atoms with Crippen LogP contribution in [0.4, 0.5) is 10.6 Å². The minimum atomic E-state index is -1.46. The van der Waals surface area contributed by atoms with Gasteiger partial charge < -0.3 is 9.84 Å². The molecule has 1 aromatic heterocycles. The molecule has 0 radical (unpaired) electrons. The van der Waals surface area contributed by atoms with Crippen molar-refractivity contribution in [1.82, 2.24) is 4.98 Å². The highest BCUT2D eigenvalue weighted by Gasteiger charge is 2.29. The van der Waals surface area contributed by atoms with E-state index in [1.165, 1.54) is 6.20 Å². The number of aliphatic carboxylic acids is 1. The summed E-state index contributed by atoms with van der Waals surface area (Å²) < 4.78 is 5.20. The largest absolute Gasteiger partial charge is 0.475 e. The van der Waals surface area contributed by atoms with E-state index in [4.69, 9.17) is 9.84 Å². The van der Waals surface area contributed by atoms with Gasteiger partial charge in [0.25, 0.3) is 0 Å². The van der Waals surface area contributed by atoms with E-state index >= 15 is 0 Å². The third-order valence-corrected chi connectivity index (χ3v) is 3.21. The van der Waals surface area contributed by atoms with Gasteiger partial charge >= 0.3 is 12.1 Å². The van der Waals surface area contributed by atoms with Crippen molar-refractivity contribution < 1.29 is 24.2 Å². The third-order valence-electron chi connectivity index (χ3n) is 3.21. The fourth-order valence-electron chi connectivity index (χ4n) is 2.10. The van der Waals surface area contributed by atoms with Gasteiger partial charge in [-0.05, 0) is 56.7 Å². The number of carboxylic acids is 1. The highest BCUT2D eigenvalue weighted by molar-refractivity contribution is 6.33. The number of carboxylic acid groups (broad SMARTS) is 1. The van der Waals surface area contributed by atoms with Crippen molar-refractivity contribution in [2.24, 2.45) is 0 Å². The molecule has 0 atom stereocenters.